The molecule has 0 aromatic carbocycles. The second-order valence-electron chi connectivity index (χ2n) is 14.9. The number of hydrogen-bond acceptors (Lipinski definition) is 3. The van der Waals surface area contributed by atoms with E-state index < -0.39 is 5.97 Å². The Hall–Kier alpha value is -1.03. The quantitative estimate of drug-likeness (QED) is 0.233. The number of carboxylic acid groups (broad SMARTS) is 1. The lowest BCUT2D eigenvalue weighted by atomic mass is 9.50. The molecular weight excluding hydrogens is 532 g/mol. The van der Waals surface area contributed by atoms with Gasteiger partial charge in [-0.2, -0.15) is 0 Å². The van der Waals surface area contributed by atoms with Crippen LogP contribution in [0, 0.1) is 23.2 Å². The topological polar surface area (TPSA) is 55.8 Å². The molecule has 1 aliphatic heterocycles. The summed E-state index contributed by atoms with van der Waals surface area (Å²) < 4.78 is 12.4. The average Bonchev–Trinajstić information content (AvgIpc) is 3.04. The molecule has 0 amide bonds. The molecule has 1 atom stereocenters. The van der Waals surface area contributed by atoms with E-state index in [9.17, 15) is 9.90 Å². The second kappa shape index (κ2) is 20.2. The molecular formula is C39H68O4. The van der Waals surface area contributed by atoms with Gasteiger partial charge in [-0.3, -0.25) is 0 Å². The molecule has 4 rings (SSSR count). The Morgan fingerprint density at radius 3 is 1.14 bits per heavy atom. The van der Waals surface area contributed by atoms with E-state index in [0.717, 1.165) is 25.9 Å². The molecule has 0 aromatic heterocycles. The van der Waals surface area contributed by atoms with E-state index >= 15 is 0 Å². The SMILES string of the molecule is O=C(O)C(=COC1CCCCO1)C(C1CCCCCCCCC1)(C1CCCCCCCCC1)C1CCCCCCCCC1. The van der Waals surface area contributed by atoms with E-state index in [-0.39, 0.29) is 11.7 Å². The number of ether oxygens (including phenoxy) is 2. The van der Waals surface area contributed by atoms with Crippen LogP contribution in [0.2, 0.25) is 0 Å². The smallest absolute Gasteiger partial charge is 0.335 e. The van der Waals surface area contributed by atoms with Crippen LogP contribution in [-0.2, 0) is 14.3 Å². The zero-order chi connectivity index (χ0) is 30.0. The first-order chi connectivity index (χ1) is 21.2. The Kier molecular flexibility index (Phi) is 16.3. The van der Waals surface area contributed by atoms with Crippen LogP contribution in [0.4, 0.5) is 0 Å². The van der Waals surface area contributed by atoms with Gasteiger partial charge in [0.15, 0.2) is 6.29 Å². The minimum absolute atomic E-state index is 0.294. The van der Waals surface area contributed by atoms with Crippen LogP contribution in [0.25, 0.3) is 0 Å². The molecule has 4 heteroatoms. The molecule has 1 unspecified atom stereocenters. The molecule has 3 saturated carbocycles. The molecule has 0 radical (unpaired) electrons. The van der Waals surface area contributed by atoms with Gasteiger partial charge in [-0.05, 0) is 69.1 Å². The summed E-state index contributed by atoms with van der Waals surface area (Å²) in [6.07, 6.45) is 39.2. The fourth-order valence-electron chi connectivity index (χ4n) is 9.82. The van der Waals surface area contributed by atoms with Crippen molar-refractivity contribution in [3.63, 3.8) is 0 Å². The van der Waals surface area contributed by atoms with Gasteiger partial charge >= 0.3 is 5.97 Å². The van der Waals surface area contributed by atoms with Crippen LogP contribution in [0.1, 0.15) is 193 Å². The van der Waals surface area contributed by atoms with E-state index in [0.29, 0.717) is 23.3 Å². The monoisotopic (exact) mass is 601 g/mol. The van der Waals surface area contributed by atoms with Crippen molar-refractivity contribution in [2.75, 3.05) is 6.61 Å². The highest BCUT2D eigenvalue weighted by atomic mass is 16.7. The summed E-state index contributed by atoms with van der Waals surface area (Å²) in [5, 5.41) is 11.3. The molecule has 3 aliphatic carbocycles. The van der Waals surface area contributed by atoms with Crippen molar-refractivity contribution in [2.24, 2.45) is 23.2 Å². The maximum absolute atomic E-state index is 13.8. The van der Waals surface area contributed by atoms with Crippen LogP contribution in [0.5, 0.6) is 0 Å². The normalized spacial score (nSPS) is 27.2. The highest BCUT2D eigenvalue weighted by Gasteiger charge is 2.54. The van der Waals surface area contributed by atoms with Crippen molar-refractivity contribution in [3.8, 4) is 0 Å². The van der Waals surface area contributed by atoms with Crippen molar-refractivity contribution in [1.29, 1.82) is 0 Å². The van der Waals surface area contributed by atoms with Gasteiger partial charge in [0, 0.05) is 11.8 Å². The number of rotatable bonds is 7. The zero-order valence-corrected chi connectivity index (χ0v) is 28.0. The minimum atomic E-state index is -0.706. The average molecular weight is 601 g/mol. The Bertz CT molecular complexity index is 690. The first kappa shape index (κ1) is 34.8. The van der Waals surface area contributed by atoms with Gasteiger partial charge in [0.1, 0.15) is 0 Å². The van der Waals surface area contributed by atoms with Crippen LogP contribution in [-0.4, -0.2) is 24.0 Å². The third kappa shape index (κ3) is 10.8. The summed E-state index contributed by atoms with van der Waals surface area (Å²) in [6, 6.07) is 0. The maximum atomic E-state index is 13.8. The predicted octanol–water partition coefficient (Wildman–Crippen LogP) is 11.9. The Morgan fingerprint density at radius 1 is 0.512 bits per heavy atom. The molecule has 4 nitrogen and oxygen atoms in total. The number of carboxylic acids is 1. The van der Waals surface area contributed by atoms with Gasteiger partial charge in [0.05, 0.1) is 18.4 Å². The standard InChI is InChI=1S/C39H68O4/c40-38(41)36(32-43-37-30-22-23-31-42-37)39(33-24-16-10-4-1-5-11-17-25-33,34-26-18-12-6-2-7-13-19-27-34)35-28-20-14-8-3-9-15-21-29-35/h32-35,37H,1-31H2,(H,40,41). The lowest BCUT2D eigenvalue weighted by molar-refractivity contribution is -0.142. The molecule has 43 heavy (non-hydrogen) atoms. The van der Waals surface area contributed by atoms with Crippen molar-refractivity contribution < 1.29 is 19.4 Å². The number of aliphatic carboxylic acids is 1. The lowest BCUT2D eigenvalue weighted by Crippen LogP contribution is -2.49. The van der Waals surface area contributed by atoms with Gasteiger partial charge in [-0.1, -0.05) is 135 Å². The molecule has 1 N–H and O–H groups in total. The minimum Gasteiger partial charge on any atom is -0.478 e. The predicted molar refractivity (Wildman–Crippen MR) is 178 cm³/mol. The van der Waals surface area contributed by atoms with Gasteiger partial charge in [0.2, 0.25) is 0 Å². The van der Waals surface area contributed by atoms with Gasteiger partial charge in [0.25, 0.3) is 0 Å². The summed E-state index contributed by atoms with van der Waals surface area (Å²) >= 11 is 0. The number of carbonyl (C=O) groups is 1. The molecule has 248 valence electrons. The highest BCUT2D eigenvalue weighted by Crippen LogP contribution is 2.59. The number of hydrogen-bond donors (Lipinski definition) is 1. The lowest BCUT2D eigenvalue weighted by Gasteiger charge is -2.53. The first-order valence-electron chi connectivity index (χ1n) is 19.4. The van der Waals surface area contributed by atoms with Crippen LogP contribution < -0.4 is 0 Å². The van der Waals surface area contributed by atoms with Crippen molar-refractivity contribution in [2.45, 2.75) is 199 Å². The van der Waals surface area contributed by atoms with Gasteiger partial charge in [-0.15, -0.1) is 0 Å². The van der Waals surface area contributed by atoms with Crippen LogP contribution >= 0.6 is 0 Å². The summed E-state index contributed by atoms with van der Waals surface area (Å²) in [6.45, 7) is 0.722. The highest BCUT2D eigenvalue weighted by molar-refractivity contribution is 5.88. The largest absolute Gasteiger partial charge is 0.478 e. The molecule has 0 bridgehead atoms. The van der Waals surface area contributed by atoms with E-state index in [1.807, 2.05) is 0 Å². The van der Waals surface area contributed by atoms with E-state index in [2.05, 4.69) is 0 Å². The second-order valence-corrected chi connectivity index (χ2v) is 14.9. The van der Waals surface area contributed by atoms with E-state index in [1.165, 1.54) is 173 Å². The van der Waals surface area contributed by atoms with Crippen LogP contribution in [0.15, 0.2) is 11.8 Å². The van der Waals surface area contributed by atoms with Crippen molar-refractivity contribution >= 4 is 5.97 Å². The summed E-state index contributed by atoms with van der Waals surface area (Å²) in [7, 11) is 0. The van der Waals surface area contributed by atoms with E-state index in [4.69, 9.17) is 9.47 Å². The molecule has 4 aliphatic rings. The first-order valence-corrected chi connectivity index (χ1v) is 19.4. The summed E-state index contributed by atoms with van der Waals surface area (Å²) in [5.74, 6) is 0.598. The molecule has 1 saturated heterocycles. The maximum Gasteiger partial charge on any atom is 0.335 e. The Morgan fingerprint density at radius 2 is 0.837 bits per heavy atom. The third-order valence-corrected chi connectivity index (χ3v) is 12.0. The molecule has 4 fully saturated rings. The Labute approximate surface area is 265 Å². The third-order valence-electron chi connectivity index (χ3n) is 12.0. The van der Waals surface area contributed by atoms with Crippen molar-refractivity contribution in [1.82, 2.24) is 0 Å². The Balaban J connectivity index is 1.83. The van der Waals surface area contributed by atoms with Crippen molar-refractivity contribution in [3.05, 3.63) is 11.8 Å². The molecule has 0 spiro atoms. The molecule has 0 aromatic rings. The molecule has 1 heterocycles. The van der Waals surface area contributed by atoms with Gasteiger partial charge in [-0.25, -0.2) is 4.79 Å². The zero-order valence-electron chi connectivity index (χ0n) is 28.0. The fourth-order valence-corrected chi connectivity index (χ4v) is 9.82. The summed E-state index contributed by atoms with van der Waals surface area (Å²) in [5.41, 5.74) is 0.339. The fraction of sp³-hybridized carbons (Fsp3) is 0.923. The van der Waals surface area contributed by atoms with E-state index in [1.54, 1.807) is 6.26 Å². The van der Waals surface area contributed by atoms with Gasteiger partial charge < -0.3 is 14.6 Å². The van der Waals surface area contributed by atoms with Crippen LogP contribution in [0.3, 0.4) is 0 Å². The summed E-state index contributed by atoms with van der Waals surface area (Å²) in [4.78, 5) is 13.8.